The molecule has 0 saturated carbocycles. The number of thiocarbonyl (C=S) groups is 1. The third-order valence-electron chi connectivity index (χ3n) is 3.60. The SMILES string of the molecule is COc1ccc(/C=N\NC(=S)NC(C)(C)C)cc1OCc1ccc([N+](=O)[O-])cc1. The average molecular weight is 417 g/mol. The van der Waals surface area contributed by atoms with Crippen molar-refractivity contribution in [3.05, 3.63) is 63.7 Å². The van der Waals surface area contributed by atoms with Crippen molar-refractivity contribution in [2.24, 2.45) is 5.10 Å². The van der Waals surface area contributed by atoms with Crippen molar-refractivity contribution < 1.29 is 14.4 Å². The number of nitrogens with zero attached hydrogens (tertiary/aromatic N) is 2. The molecule has 0 aliphatic carbocycles. The summed E-state index contributed by atoms with van der Waals surface area (Å²) < 4.78 is 11.2. The van der Waals surface area contributed by atoms with Crippen molar-refractivity contribution in [1.82, 2.24) is 10.7 Å². The van der Waals surface area contributed by atoms with Crippen LogP contribution in [-0.4, -0.2) is 28.9 Å². The number of nitro groups is 1. The van der Waals surface area contributed by atoms with E-state index in [-0.39, 0.29) is 17.8 Å². The first-order valence-corrected chi connectivity index (χ1v) is 9.24. The molecule has 29 heavy (non-hydrogen) atoms. The summed E-state index contributed by atoms with van der Waals surface area (Å²) in [4.78, 5) is 10.3. The molecule has 154 valence electrons. The summed E-state index contributed by atoms with van der Waals surface area (Å²) in [6.45, 7) is 6.25. The van der Waals surface area contributed by atoms with Crippen LogP contribution < -0.4 is 20.2 Å². The Kier molecular flexibility index (Phi) is 7.49. The zero-order chi connectivity index (χ0) is 21.4. The summed E-state index contributed by atoms with van der Waals surface area (Å²) in [6, 6.07) is 11.6. The van der Waals surface area contributed by atoms with E-state index in [1.807, 2.05) is 26.8 Å². The van der Waals surface area contributed by atoms with Gasteiger partial charge in [-0.2, -0.15) is 5.10 Å². The van der Waals surface area contributed by atoms with E-state index in [0.717, 1.165) is 11.1 Å². The van der Waals surface area contributed by atoms with Gasteiger partial charge in [-0.3, -0.25) is 15.5 Å². The van der Waals surface area contributed by atoms with Crippen LogP contribution in [0.2, 0.25) is 0 Å². The Labute approximate surface area is 175 Å². The Bertz CT molecular complexity index is 892. The lowest BCUT2D eigenvalue weighted by Gasteiger charge is -2.21. The molecule has 0 aliphatic rings. The highest BCUT2D eigenvalue weighted by Crippen LogP contribution is 2.28. The lowest BCUT2D eigenvalue weighted by atomic mass is 10.1. The van der Waals surface area contributed by atoms with Gasteiger partial charge in [0.05, 0.1) is 18.2 Å². The van der Waals surface area contributed by atoms with E-state index in [2.05, 4.69) is 15.8 Å². The van der Waals surface area contributed by atoms with Crippen molar-refractivity contribution in [3.8, 4) is 11.5 Å². The van der Waals surface area contributed by atoms with E-state index in [1.54, 1.807) is 37.6 Å². The van der Waals surface area contributed by atoms with E-state index in [4.69, 9.17) is 21.7 Å². The quantitative estimate of drug-likeness (QED) is 0.307. The number of non-ortho nitro benzene ring substituents is 1. The number of hydrogen-bond donors (Lipinski definition) is 2. The second kappa shape index (κ2) is 9.83. The van der Waals surface area contributed by atoms with Gasteiger partial charge in [-0.25, -0.2) is 0 Å². The van der Waals surface area contributed by atoms with E-state index in [9.17, 15) is 10.1 Å². The van der Waals surface area contributed by atoms with E-state index in [0.29, 0.717) is 16.6 Å². The molecule has 0 fully saturated rings. The predicted molar refractivity (Wildman–Crippen MR) is 117 cm³/mol. The molecule has 8 nitrogen and oxygen atoms in total. The first-order chi connectivity index (χ1) is 13.7. The summed E-state index contributed by atoms with van der Waals surface area (Å²) in [5.74, 6) is 1.10. The molecule has 0 spiro atoms. The van der Waals surface area contributed by atoms with Crippen molar-refractivity contribution in [1.29, 1.82) is 0 Å². The second-order valence-corrected chi connectivity index (χ2v) is 7.60. The fourth-order valence-electron chi connectivity index (χ4n) is 2.30. The van der Waals surface area contributed by atoms with Crippen LogP contribution in [0.5, 0.6) is 11.5 Å². The highest BCUT2D eigenvalue weighted by molar-refractivity contribution is 7.80. The van der Waals surface area contributed by atoms with Crippen LogP contribution >= 0.6 is 12.2 Å². The molecule has 2 rings (SSSR count). The maximum Gasteiger partial charge on any atom is 0.269 e. The second-order valence-electron chi connectivity index (χ2n) is 7.20. The number of hydrazone groups is 1. The van der Waals surface area contributed by atoms with Gasteiger partial charge >= 0.3 is 0 Å². The summed E-state index contributed by atoms with van der Waals surface area (Å²) in [5.41, 5.74) is 4.24. The number of ether oxygens (including phenoxy) is 2. The van der Waals surface area contributed by atoms with Gasteiger partial charge in [0.25, 0.3) is 5.69 Å². The highest BCUT2D eigenvalue weighted by Gasteiger charge is 2.10. The smallest absolute Gasteiger partial charge is 0.269 e. The van der Waals surface area contributed by atoms with Crippen LogP contribution in [0.1, 0.15) is 31.9 Å². The Morgan fingerprint density at radius 2 is 1.90 bits per heavy atom. The van der Waals surface area contributed by atoms with Crippen molar-refractivity contribution in [3.63, 3.8) is 0 Å². The van der Waals surface area contributed by atoms with Crippen molar-refractivity contribution in [2.45, 2.75) is 32.9 Å². The minimum Gasteiger partial charge on any atom is -0.493 e. The molecule has 2 aromatic carbocycles. The van der Waals surface area contributed by atoms with Crippen LogP contribution in [-0.2, 0) is 6.61 Å². The molecule has 0 atom stereocenters. The molecule has 0 aliphatic heterocycles. The number of hydrogen-bond acceptors (Lipinski definition) is 6. The molecule has 2 aromatic rings. The zero-order valence-electron chi connectivity index (χ0n) is 16.8. The van der Waals surface area contributed by atoms with Gasteiger partial charge in [0.15, 0.2) is 16.6 Å². The van der Waals surface area contributed by atoms with Crippen LogP contribution in [0.3, 0.4) is 0 Å². The predicted octanol–water partition coefficient (Wildman–Crippen LogP) is 3.78. The van der Waals surface area contributed by atoms with Crippen molar-refractivity contribution in [2.75, 3.05) is 7.11 Å². The van der Waals surface area contributed by atoms with Crippen molar-refractivity contribution >= 4 is 29.2 Å². The summed E-state index contributed by atoms with van der Waals surface area (Å²) in [6.07, 6.45) is 1.62. The maximum absolute atomic E-state index is 10.7. The van der Waals surface area contributed by atoms with Crippen LogP contribution in [0.4, 0.5) is 5.69 Å². The van der Waals surface area contributed by atoms with Gasteiger partial charge in [-0.05, 0) is 74.4 Å². The van der Waals surface area contributed by atoms with E-state index < -0.39 is 4.92 Å². The lowest BCUT2D eigenvalue weighted by Crippen LogP contribution is -2.44. The summed E-state index contributed by atoms with van der Waals surface area (Å²) >= 11 is 5.18. The normalized spacial score (nSPS) is 11.2. The minimum atomic E-state index is -0.437. The Morgan fingerprint density at radius 3 is 2.48 bits per heavy atom. The lowest BCUT2D eigenvalue weighted by molar-refractivity contribution is -0.384. The Balaban J connectivity index is 2.03. The number of rotatable bonds is 7. The molecular formula is C20H24N4O4S. The van der Waals surface area contributed by atoms with Gasteiger partial charge in [0.2, 0.25) is 0 Å². The first-order valence-electron chi connectivity index (χ1n) is 8.83. The fraction of sp³-hybridized carbons (Fsp3) is 0.300. The number of methoxy groups -OCH3 is 1. The first kappa shape index (κ1) is 22.1. The largest absolute Gasteiger partial charge is 0.493 e. The zero-order valence-corrected chi connectivity index (χ0v) is 17.6. The number of nitrogens with one attached hydrogen (secondary N) is 2. The molecule has 0 saturated heterocycles. The Hall–Kier alpha value is -3.20. The van der Waals surface area contributed by atoms with Gasteiger partial charge in [-0.1, -0.05) is 0 Å². The standard InChI is InChI=1S/C20H24N4O4S/c1-20(2,3)22-19(29)23-21-12-15-7-10-17(27-4)18(11-15)28-13-14-5-8-16(9-6-14)24(25)26/h5-12H,13H2,1-4H3,(H2,22,23,29)/b21-12-. The molecule has 0 aromatic heterocycles. The van der Waals surface area contributed by atoms with Gasteiger partial charge < -0.3 is 14.8 Å². The monoisotopic (exact) mass is 416 g/mol. The molecule has 9 heteroatoms. The Morgan fingerprint density at radius 1 is 1.21 bits per heavy atom. The van der Waals surface area contributed by atoms with Gasteiger partial charge in [0.1, 0.15) is 6.61 Å². The molecule has 0 radical (unpaired) electrons. The molecule has 2 N–H and O–H groups in total. The van der Waals surface area contributed by atoms with Gasteiger partial charge in [-0.15, -0.1) is 0 Å². The molecular weight excluding hydrogens is 392 g/mol. The van der Waals surface area contributed by atoms with Gasteiger partial charge in [0, 0.05) is 17.7 Å². The van der Waals surface area contributed by atoms with E-state index >= 15 is 0 Å². The number of nitro benzene ring substituents is 1. The summed E-state index contributed by atoms with van der Waals surface area (Å²) in [5, 5.41) is 18.4. The maximum atomic E-state index is 10.7. The van der Waals surface area contributed by atoms with Crippen LogP contribution in [0, 0.1) is 10.1 Å². The highest BCUT2D eigenvalue weighted by atomic mass is 32.1. The molecule has 0 amide bonds. The fourth-order valence-corrected chi connectivity index (χ4v) is 2.65. The third kappa shape index (κ3) is 7.38. The molecule has 0 heterocycles. The third-order valence-corrected chi connectivity index (χ3v) is 3.79. The molecule has 0 unspecified atom stereocenters. The van der Waals surface area contributed by atoms with E-state index in [1.165, 1.54) is 12.1 Å². The summed E-state index contributed by atoms with van der Waals surface area (Å²) in [7, 11) is 1.56. The topological polar surface area (TPSA) is 98.0 Å². The minimum absolute atomic E-state index is 0.0379. The molecule has 0 bridgehead atoms. The van der Waals surface area contributed by atoms with Crippen LogP contribution in [0.25, 0.3) is 0 Å². The average Bonchev–Trinajstić information content (AvgIpc) is 2.65. The number of benzene rings is 2. The van der Waals surface area contributed by atoms with Crippen LogP contribution in [0.15, 0.2) is 47.6 Å².